The first-order valence-electron chi connectivity index (χ1n) is 6.21. The summed E-state index contributed by atoms with van der Waals surface area (Å²) in [6.07, 6.45) is 5.10. The van der Waals surface area contributed by atoms with Gasteiger partial charge in [-0.3, -0.25) is 0 Å². The summed E-state index contributed by atoms with van der Waals surface area (Å²) in [5.74, 6) is 0.878. The minimum Gasteiger partial charge on any atom is -0.308 e. The Morgan fingerprint density at radius 1 is 1.31 bits per heavy atom. The number of hydrogen-bond acceptors (Lipinski definition) is 3. The van der Waals surface area contributed by atoms with Gasteiger partial charge in [-0.05, 0) is 52.5 Å². The molecule has 0 aliphatic heterocycles. The molecule has 0 atom stereocenters. The third-order valence-electron chi connectivity index (χ3n) is 4.04. The Balaban J connectivity index is 2.27. The fourth-order valence-electron chi connectivity index (χ4n) is 2.50. The highest BCUT2D eigenvalue weighted by Crippen LogP contribution is 2.41. The Morgan fingerprint density at radius 2 is 1.94 bits per heavy atom. The number of aromatic nitrogens is 1. The van der Waals surface area contributed by atoms with Gasteiger partial charge in [0, 0.05) is 4.88 Å². The van der Waals surface area contributed by atoms with E-state index in [9.17, 15) is 0 Å². The van der Waals surface area contributed by atoms with Crippen LogP contribution in [0.5, 0.6) is 0 Å². The number of hydrogen-bond donors (Lipinski definition) is 1. The first-order valence-corrected chi connectivity index (χ1v) is 7.02. The maximum atomic E-state index is 4.76. The fraction of sp³-hybridized carbons (Fsp3) is 0.769. The summed E-state index contributed by atoms with van der Waals surface area (Å²) in [4.78, 5) is 6.12. The van der Waals surface area contributed by atoms with Gasteiger partial charge in [0.25, 0.3) is 0 Å². The first kappa shape index (κ1) is 12.1. The molecule has 1 fully saturated rings. The maximum absolute atomic E-state index is 4.76. The SMILES string of the molecule is CNC1(c2nc(C)c(C)s2)CCC(C)CC1. The minimum atomic E-state index is 0.163. The van der Waals surface area contributed by atoms with Crippen LogP contribution in [0.1, 0.15) is 48.2 Å². The molecule has 1 aromatic rings. The van der Waals surface area contributed by atoms with Gasteiger partial charge in [-0.15, -0.1) is 11.3 Å². The number of rotatable bonds is 2. The predicted molar refractivity (Wildman–Crippen MR) is 70.0 cm³/mol. The first-order chi connectivity index (χ1) is 7.57. The molecule has 1 aliphatic rings. The normalized spacial score (nSPS) is 30.6. The molecule has 2 rings (SSSR count). The fourth-order valence-corrected chi connectivity index (χ4v) is 3.67. The van der Waals surface area contributed by atoms with Gasteiger partial charge < -0.3 is 5.32 Å². The largest absolute Gasteiger partial charge is 0.308 e. The highest BCUT2D eigenvalue weighted by atomic mass is 32.1. The zero-order valence-corrected chi connectivity index (χ0v) is 11.6. The molecular weight excluding hydrogens is 216 g/mol. The zero-order chi connectivity index (χ0) is 11.8. The Bertz CT molecular complexity index is 343. The van der Waals surface area contributed by atoms with Crippen LogP contribution in [0.3, 0.4) is 0 Å². The zero-order valence-electron chi connectivity index (χ0n) is 10.8. The topological polar surface area (TPSA) is 24.9 Å². The minimum absolute atomic E-state index is 0.163. The maximum Gasteiger partial charge on any atom is 0.113 e. The van der Waals surface area contributed by atoms with Gasteiger partial charge in [-0.2, -0.15) is 0 Å². The average molecular weight is 238 g/mol. The number of nitrogens with zero attached hydrogens (tertiary/aromatic N) is 1. The van der Waals surface area contributed by atoms with Crippen molar-refractivity contribution in [2.45, 2.75) is 52.0 Å². The lowest BCUT2D eigenvalue weighted by atomic mass is 9.77. The molecular formula is C13H22N2S. The summed E-state index contributed by atoms with van der Waals surface area (Å²) in [7, 11) is 2.09. The van der Waals surface area contributed by atoms with Crippen molar-refractivity contribution in [3.8, 4) is 0 Å². The molecule has 1 heterocycles. The second-order valence-corrected chi connectivity index (χ2v) is 6.38. The Kier molecular flexibility index (Phi) is 3.36. The standard InChI is InChI=1S/C13H22N2S/c1-9-5-7-13(14-4,8-6-9)12-15-10(2)11(3)16-12/h9,14H,5-8H2,1-4H3. The third kappa shape index (κ3) is 2.03. The lowest BCUT2D eigenvalue weighted by molar-refractivity contribution is 0.208. The van der Waals surface area contributed by atoms with E-state index in [2.05, 4.69) is 33.1 Å². The van der Waals surface area contributed by atoms with Crippen LogP contribution in [0, 0.1) is 19.8 Å². The summed E-state index contributed by atoms with van der Waals surface area (Å²) in [6, 6.07) is 0. The molecule has 0 unspecified atom stereocenters. The van der Waals surface area contributed by atoms with Gasteiger partial charge in [-0.1, -0.05) is 6.92 Å². The van der Waals surface area contributed by atoms with E-state index in [0.29, 0.717) is 0 Å². The van der Waals surface area contributed by atoms with Crippen LogP contribution < -0.4 is 5.32 Å². The molecule has 0 bridgehead atoms. The van der Waals surface area contributed by atoms with Crippen LogP contribution in [0.15, 0.2) is 0 Å². The third-order valence-corrected chi connectivity index (χ3v) is 5.32. The van der Waals surface area contributed by atoms with Crippen molar-refractivity contribution >= 4 is 11.3 Å². The molecule has 0 amide bonds. The highest BCUT2D eigenvalue weighted by molar-refractivity contribution is 7.11. The molecule has 1 saturated carbocycles. The molecule has 1 aromatic heterocycles. The second-order valence-electron chi connectivity index (χ2n) is 5.18. The molecule has 0 aromatic carbocycles. The monoisotopic (exact) mass is 238 g/mol. The van der Waals surface area contributed by atoms with Gasteiger partial charge in [0.15, 0.2) is 0 Å². The van der Waals surface area contributed by atoms with Gasteiger partial charge >= 0.3 is 0 Å². The van der Waals surface area contributed by atoms with E-state index in [-0.39, 0.29) is 5.54 Å². The van der Waals surface area contributed by atoms with Gasteiger partial charge in [0.2, 0.25) is 0 Å². The lowest BCUT2D eigenvalue weighted by Crippen LogP contribution is -2.42. The molecule has 2 nitrogen and oxygen atoms in total. The summed E-state index contributed by atoms with van der Waals surface area (Å²) in [5, 5.41) is 4.85. The molecule has 0 saturated heterocycles. The van der Waals surface area contributed by atoms with Gasteiger partial charge in [-0.25, -0.2) is 4.98 Å². The smallest absolute Gasteiger partial charge is 0.113 e. The molecule has 3 heteroatoms. The van der Waals surface area contributed by atoms with Crippen molar-refractivity contribution in [2.75, 3.05) is 7.05 Å². The number of aryl methyl sites for hydroxylation is 2. The van der Waals surface area contributed by atoms with E-state index in [4.69, 9.17) is 4.98 Å². The van der Waals surface area contributed by atoms with Crippen LogP contribution >= 0.6 is 11.3 Å². The summed E-state index contributed by atoms with van der Waals surface area (Å²) in [6.45, 7) is 6.65. The van der Waals surface area contributed by atoms with Crippen LogP contribution in [0.25, 0.3) is 0 Å². The van der Waals surface area contributed by atoms with Crippen molar-refractivity contribution in [1.29, 1.82) is 0 Å². The predicted octanol–water partition coefficient (Wildman–Crippen LogP) is 3.38. The van der Waals surface area contributed by atoms with Crippen LogP contribution in [-0.2, 0) is 5.54 Å². The Hall–Kier alpha value is -0.410. The van der Waals surface area contributed by atoms with E-state index >= 15 is 0 Å². The van der Waals surface area contributed by atoms with E-state index in [1.807, 2.05) is 11.3 Å². The van der Waals surface area contributed by atoms with Crippen molar-refractivity contribution in [3.05, 3.63) is 15.6 Å². The van der Waals surface area contributed by atoms with Crippen molar-refractivity contribution in [3.63, 3.8) is 0 Å². The molecule has 1 N–H and O–H groups in total. The van der Waals surface area contributed by atoms with Crippen LogP contribution in [0.2, 0.25) is 0 Å². The lowest BCUT2D eigenvalue weighted by Gasteiger charge is -2.37. The van der Waals surface area contributed by atoms with E-state index in [0.717, 1.165) is 5.92 Å². The Morgan fingerprint density at radius 3 is 2.38 bits per heavy atom. The molecule has 90 valence electrons. The van der Waals surface area contributed by atoms with Crippen LogP contribution in [-0.4, -0.2) is 12.0 Å². The van der Waals surface area contributed by atoms with Crippen molar-refractivity contribution in [1.82, 2.24) is 10.3 Å². The van der Waals surface area contributed by atoms with E-state index in [1.54, 1.807) is 0 Å². The van der Waals surface area contributed by atoms with Crippen molar-refractivity contribution < 1.29 is 0 Å². The Labute approximate surface area is 102 Å². The van der Waals surface area contributed by atoms with Crippen LogP contribution in [0.4, 0.5) is 0 Å². The molecule has 0 radical (unpaired) electrons. The van der Waals surface area contributed by atoms with Crippen molar-refractivity contribution in [2.24, 2.45) is 5.92 Å². The van der Waals surface area contributed by atoms with E-state index < -0.39 is 0 Å². The molecule has 0 spiro atoms. The summed E-state index contributed by atoms with van der Waals surface area (Å²) >= 11 is 1.87. The molecule has 16 heavy (non-hydrogen) atoms. The number of thiazole rings is 1. The quantitative estimate of drug-likeness (QED) is 0.854. The average Bonchev–Trinajstić information content (AvgIpc) is 2.61. The number of nitrogens with one attached hydrogen (secondary N) is 1. The van der Waals surface area contributed by atoms with E-state index in [1.165, 1.54) is 41.3 Å². The van der Waals surface area contributed by atoms with Gasteiger partial charge in [0.1, 0.15) is 5.01 Å². The van der Waals surface area contributed by atoms with Gasteiger partial charge in [0.05, 0.1) is 11.2 Å². The highest BCUT2D eigenvalue weighted by Gasteiger charge is 2.37. The second kappa shape index (κ2) is 4.46. The summed E-state index contributed by atoms with van der Waals surface area (Å²) < 4.78 is 0. The summed E-state index contributed by atoms with van der Waals surface area (Å²) in [5.41, 5.74) is 1.36. The molecule has 1 aliphatic carbocycles.